The molecular formula is C15H22O5S2. The highest BCUT2D eigenvalue weighted by atomic mass is 32.2. The van der Waals surface area contributed by atoms with E-state index < -0.39 is 20.0 Å². The van der Waals surface area contributed by atoms with Crippen molar-refractivity contribution in [1.29, 1.82) is 0 Å². The van der Waals surface area contributed by atoms with Crippen LogP contribution in [-0.4, -0.2) is 32.9 Å². The van der Waals surface area contributed by atoms with Crippen molar-refractivity contribution in [2.24, 2.45) is 0 Å². The molecule has 1 saturated carbocycles. The highest BCUT2D eigenvalue weighted by Crippen LogP contribution is 2.39. The van der Waals surface area contributed by atoms with E-state index in [1.807, 2.05) is 6.92 Å². The summed E-state index contributed by atoms with van der Waals surface area (Å²) in [6.07, 6.45) is 3.90. The van der Waals surface area contributed by atoms with Crippen molar-refractivity contribution in [2.45, 2.75) is 55.6 Å². The maximum Gasteiger partial charge on any atom is 0.294 e. The molecule has 5 nitrogen and oxygen atoms in total. The normalized spacial score (nSPS) is 23.5. The third-order valence-electron chi connectivity index (χ3n) is 4.65. The Morgan fingerprint density at radius 1 is 1.00 bits per heavy atom. The molecule has 124 valence electrons. The van der Waals surface area contributed by atoms with Crippen molar-refractivity contribution in [3.8, 4) is 0 Å². The lowest BCUT2D eigenvalue weighted by molar-refractivity contribution is 0.433. The molecular weight excluding hydrogens is 324 g/mol. The van der Waals surface area contributed by atoms with Crippen molar-refractivity contribution in [2.75, 3.05) is 6.26 Å². The van der Waals surface area contributed by atoms with Gasteiger partial charge in [-0.2, -0.15) is 8.42 Å². The van der Waals surface area contributed by atoms with Crippen LogP contribution in [0.15, 0.2) is 17.0 Å². The predicted octanol–water partition coefficient (Wildman–Crippen LogP) is 2.62. The first-order valence-electron chi connectivity index (χ1n) is 7.28. The SMILES string of the molecule is Cc1ccc(S(=O)(=O)O)c(C)c1[C@H]1CC[C@H](S(C)(=O)=O)CC1. The molecule has 22 heavy (non-hydrogen) atoms. The van der Waals surface area contributed by atoms with Gasteiger partial charge in [0.25, 0.3) is 10.1 Å². The molecule has 0 saturated heterocycles. The Balaban J connectivity index is 2.35. The summed E-state index contributed by atoms with van der Waals surface area (Å²) in [6.45, 7) is 3.62. The molecule has 0 unspecified atom stereocenters. The van der Waals surface area contributed by atoms with Crippen molar-refractivity contribution < 1.29 is 21.4 Å². The lowest BCUT2D eigenvalue weighted by Gasteiger charge is -2.30. The topological polar surface area (TPSA) is 88.5 Å². The molecule has 7 heteroatoms. The van der Waals surface area contributed by atoms with E-state index in [0.717, 1.165) is 11.1 Å². The Morgan fingerprint density at radius 2 is 1.55 bits per heavy atom. The van der Waals surface area contributed by atoms with Crippen molar-refractivity contribution in [1.82, 2.24) is 0 Å². The molecule has 0 radical (unpaired) electrons. The highest BCUT2D eigenvalue weighted by molar-refractivity contribution is 7.91. The van der Waals surface area contributed by atoms with Crippen LogP contribution in [0.4, 0.5) is 0 Å². The quantitative estimate of drug-likeness (QED) is 0.850. The van der Waals surface area contributed by atoms with E-state index in [1.54, 1.807) is 13.0 Å². The van der Waals surface area contributed by atoms with Crippen LogP contribution in [0.3, 0.4) is 0 Å². The third-order valence-corrected chi connectivity index (χ3v) is 7.33. The van der Waals surface area contributed by atoms with Crippen LogP contribution in [0.25, 0.3) is 0 Å². The molecule has 0 aliphatic heterocycles. The van der Waals surface area contributed by atoms with Crippen LogP contribution < -0.4 is 0 Å². The molecule has 0 amide bonds. The van der Waals surface area contributed by atoms with Gasteiger partial charge in [-0.3, -0.25) is 4.55 Å². The molecule has 1 aromatic rings. The van der Waals surface area contributed by atoms with E-state index >= 15 is 0 Å². The summed E-state index contributed by atoms with van der Waals surface area (Å²) in [6, 6.07) is 3.12. The van der Waals surface area contributed by atoms with Crippen molar-refractivity contribution in [3.05, 3.63) is 28.8 Å². The lowest BCUT2D eigenvalue weighted by atomic mass is 9.80. The van der Waals surface area contributed by atoms with Gasteiger partial charge in [-0.25, -0.2) is 8.42 Å². The molecule has 1 aliphatic carbocycles. The second-order valence-corrected chi connectivity index (χ2v) is 9.91. The van der Waals surface area contributed by atoms with Crippen LogP contribution in [0, 0.1) is 13.8 Å². The maximum atomic E-state index is 11.6. The van der Waals surface area contributed by atoms with Crippen molar-refractivity contribution in [3.63, 3.8) is 0 Å². The molecule has 0 atom stereocenters. The van der Waals surface area contributed by atoms with E-state index in [9.17, 15) is 21.4 Å². The fraction of sp³-hybridized carbons (Fsp3) is 0.600. The van der Waals surface area contributed by atoms with Crippen molar-refractivity contribution >= 4 is 20.0 Å². The molecule has 0 bridgehead atoms. The summed E-state index contributed by atoms with van der Waals surface area (Å²) in [7, 11) is -7.26. The molecule has 0 heterocycles. The number of hydrogen-bond acceptors (Lipinski definition) is 4. The van der Waals surface area contributed by atoms with Crippen LogP contribution in [-0.2, 0) is 20.0 Å². The number of aryl methyl sites for hydroxylation is 1. The van der Waals surface area contributed by atoms with Gasteiger partial charge < -0.3 is 0 Å². The fourth-order valence-corrected chi connectivity index (χ4v) is 5.40. The van der Waals surface area contributed by atoms with Gasteiger partial charge in [-0.05, 0) is 68.2 Å². The minimum Gasteiger partial charge on any atom is -0.282 e. The monoisotopic (exact) mass is 346 g/mol. The lowest BCUT2D eigenvalue weighted by Crippen LogP contribution is -2.26. The summed E-state index contributed by atoms with van der Waals surface area (Å²) in [5.74, 6) is 0.139. The van der Waals surface area contributed by atoms with E-state index in [2.05, 4.69) is 0 Å². The number of hydrogen-bond donors (Lipinski definition) is 1. The van der Waals surface area contributed by atoms with Gasteiger partial charge in [-0.1, -0.05) is 6.07 Å². The van der Waals surface area contributed by atoms with Gasteiger partial charge in [0.1, 0.15) is 9.84 Å². The maximum absolute atomic E-state index is 11.6. The molecule has 0 spiro atoms. The molecule has 1 N–H and O–H groups in total. The van der Waals surface area contributed by atoms with Gasteiger partial charge in [0.15, 0.2) is 0 Å². The Labute approximate surface area is 132 Å². The average molecular weight is 346 g/mol. The smallest absolute Gasteiger partial charge is 0.282 e. The Morgan fingerprint density at radius 3 is 2.00 bits per heavy atom. The van der Waals surface area contributed by atoms with Gasteiger partial charge in [0, 0.05) is 6.26 Å². The summed E-state index contributed by atoms with van der Waals surface area (Å²) in [5, 5.41) is -0.297. The van der Waals surface area contributed by atoms with Crippen LogP contribution in [0.2, 0.25) is 0 Å². The first kappa shape index (κ1) is 17.4. The Hall–Kier alpha value is -0.920. The van der Waals surface area contributed by atoms with Gasteiger partial charge in [0.2, 0.25) is 0 Å². The van der Waals surface area contributed by atoms with Gasteiger partial charge in [-0.15, -0.1) is 0 Å². The second-order valence-electron chi connectivity index (χ2n) is 6.20. The van der Waals surface area contributed by atoms with Gasteiger partial charge in [0.05, 0.1) is 10.1 Å². The Bertz CT molecular complexity index is 770. The first-order valence-corrected chi connectivity index (χ1v) is 10.7. The first-order chi connectivity index (χ1) is 10.0. The summed E-state index contributed by atoms with van der Waals surface area (Å²) >= 11 is 0. The van der Waals surface area contributed by atoms with Gasteiger partial charge >= 0.3 is 0 Å². The minimum atomic E-state index is -4.24. The van der Waals surface area contributed by atoms with Crippen LogP contribution in [0.5, 0.6) is 0 Å². The van der Waals surface area contributed by atoms with Crippen LogP contribution >= 0.6 is 0 Å². The molecule has 1 aromatic carbocycles. The number of sulfone groups is 1. The summed E-state index contributed by atoms with van der Waals surface area (Å²) in [5.41, 5.74) is 2.49. The standard InChI is InChI=1S/C15H22O5S2/c1-10-4-9-14(22(18,19)20)11(2)15(10)12-5-7-13(8-6-12)21(3,16)17/h4,9,12-13H,5-8H2,1-3H3,(H,18,19,20)/t12-,13-. The fourth-order valence-electron chi connectivity index (χ4n) is 3.53. The Kier molecular flexibility index (Phi) is 4.71. The van der Waals surface area contributed by atoms with E-state index in [0.29, 0.717) is 31.2 Å². The zero-order chi connectivity index (χ0) is 16.7. The van der Waals surface area contributed by atoms with Crippen LogP contribution in [0.1, 0.15) is 48.3 Å². The summed E-state index contributed by atoms with van der Waals surface area (Å²) < 4.78 is 55.5. The second kappa shape index (κ2) is 5.94. The molecule has 0 aromatic heterocycles. The minimum absolute atomic E-state index is 0.0571. The van der Waals surface area contributed by atoms with E-state index in [1.165, 1.54) is 12.3 Å². The van der Waals surface area contributed by atoms with E-state index in [4.69, 9.17) is 0 Å². The summed E-state index contributed by atoms with van der Waals surface area (Å²) in [4.78, 5) is -0.0571. The highest BCUT2D eigenvalue weighted by Gasteiger charge is 2.30. The molecule has 2 rings (SSSR count). The largest absolute Gasteiger partial charge is 0.294 e. The molecule has 1 fully saturated rings. The van der Waals surface area contributed by atoms with E-state index in [-0.39, 0.29) is 16.1 Å². The average Bonchev–Trinajstić information content (AvgIpc) is 2.36. The number of rotatable bonds is 3. The third kappa shape index (κ3) is 3.52. The molecule has 1 aliphatic rings. The zero-order valence-electron chi connectivity index (χ0n) is 13.0. The number of benzene rings is 1. The zero-order valence-corrected chi connectivity index (χ0v) is 14.7. The predicted molar refractivity (Wildman–Crippen MR) is 85.6 cm³/mol.